The molecule has 0 saturated heterocycles. The SMILES string of the molecule is C=Cc1c(C(=O)O)ccc(-c2ccccc2)c1C(=O)O. The van der Waals surface area contributed by atoms with E-state index in [9.17, 15) is 14.7 Å². The lowest BCUT2D eigenvalue weighted by Gasteiger charge is -2.12. The molecule has 0 saturated carbocycles. The molecular weight excluding hydrogens is 256 g/mol. The van der Waals surface area contributed by atoms with Crippen molar-refractivity contribution >= 4 is 18.0 Å². The van der Waals surface area contributed by atoms with Crippen molar-refractivity contribution in [2.24, 2.45) is 0 Å². The summed E-state index contributed by atoms with van der Waals surface area (Å²) >= 11 is 0. The third kappa shape index (κ3) is 2.31. The summed E-state index contributed by atoms with van der Waals surface area (Å²) in [6.45, 7) is 3.53. The van der Waals surface area contributed by atoms with Gasteiger partial charge in [0.2, 0.25) is 0 Å². The van der Waals surface area contributed by atoms with Gasteiger partial charge in [0.15, 0.2) is 0 Å². The monoisotopic (exact) mass is 268 g/mol. The molecule has 20 heavy (non-hydrogen) atoms. The van der Waals surface area contributed by atoms with Gasteiger partial charge in [0.1, 0.15) is 0 Å². The van der Waals surface area contributed by atoms with E-state index in [0.29, 0.717) is 11.1 Å². The molecule has 0 radical (unpaired) electrons. The lowest BCUT2D eigenvalue weighted by Crippen LogP contribution is -2.09. The minimum Gasteiger partial charge on any atom is -0.478 e. The van der Waals surface area contributed by atoms with Crippen molar-refractivity contribution in [3.8, 4) is 11.1 Å². The largest absolute Gasteiger partial charge is 0.478 e. The first-order valence-corrected chi connectivity index (χ1v) is 5.87. The maximum absolute atomic E-state index is 11.5. The average Bonchev–Trinajstić information content (AvgIpc) is 2.46. The van der Waals surface area contributed by atoms with Crippen LogP contribution in [0.2, 0.25) is 0 Å². The molecule has 0 atom stereocenters. The Balaban J connectivity index is 2.81. The summed E-state index contributed by atoms with van der Waals surface area (Å²) in [5, 5.41) is 18.5. The second-order valence-electron chi connectivity index (χ2n) is 4.13. The van der Waals surface area contributed by atoms with Crippen molar-refractivity contribution in [2.75, 3.05) is 0 Å². The maximum atomic E-state index is 11.5. The first-order valence-electron chi connectivity index (χ1n) is 5.87. The predicted molar refractivity (Wildman–Crippen MR) is 75.9 cm³/mol. The fourth-order valence-corrected chi connectivity index (χ4v) is 2.11. The van der Waals surface area contributed by atoms with Crippen molar-refractivity contribution in [1.29, 1.82) is 0 Å². The van der Waals surface area contributed by atoms with Gasteiger partial charge in [0.05, 0.1) is 11.1 Å². The average molecular weight is 268 g/mol. The van der Waals surface area contributed by atoms with Crippen LogP contribution >= 0.6 is 0 Å². The number of carbonyl (C=O) groups is 2. The van der Waals surface area contributed by atoms with Crippen molar-refractivity contribution < 1.29 is 19.8 Å². The molecule has 2 N–H and O–H groups in total. The molecule has 4 nitrogen and oxygen atoms in total. The maximum Gasteiger partial charge on any atom is 0.336 e. The zero-order valence-corrected chi connectivity index (χ0v) is 10.5. The Morgan fingerprint density at radius 1 is 0.950 bits per heavy atom. The topological polar surface area (TPSA) is 74.6 Å². The van der Waals surface area contributed by atoms with Gasteiger partial charge in [-0.05, 0) is 17.2 Å². The zero-order chi connectivity index (χ0) is 14.7. The quantitative estimate of drug-likeness (QED) is 0.891. The highest BCUT2D eigenvalue weighted by Gasteiger charge is 2.21. The van der Waals surface area contributed by atoms with Crippen LogP contribution in [0, 0.1) is 0 Å². The van der Waals surface area contributed by atoms with Crippen LogP contribution in [0.1, 0.15) is 26.3 Å². The summed E-state index contributed by atoms with van der Waals surface area (Å²) in [5.74, 6) is -2.36. The molecule has 0 aliphatic heterocycles. The molecule has 0 bridgehead atoms. The molecule has 100 valence electrons. The summed E-state index contributed by atoms with van der Waals surface area (Å²) in [4.78, 5) is 22.7. The minimum absolute atomic E-state index is 0.0499. The Hall–Kier alpha value is -2.88. The summed E-state index contributed by atoms with van der Waals surface area (Å²) in [6, 6.07) is 11.9. The van der Waals surface area contributed by atoms with E-state index in [1.807, 2.05) is 6.07 Å². The minimum atomic E-state index is -1.18. The second-order valence-corrected chi connectivity index (χ2v) is 4.13. The molecular formula is C16H12O4. The van der Waals surface area contributed by atoms with E-state index in [1.165, 1.54) is 18.2 Å². The number of rotatable bonds is 4. The molecule has 0 unspecified atom stereocenters. The fourth-order valence-electron chi connectivity index (χ4n) is 2.11. The van der Waals surface area contributed by atoms with Gasteiger partial charge >= 0.3 is 11.9 Å². The van der Waals surface area contributed by atoms with Crippen LogP contribution in [0.15, 0.2) is 49.0 Å². The molecule has 0 heterocycles. The molecule has 4 heteroatoms. The smallest absolute Gasteiger partial charge is 0.336 e. The summed E-state index contributed by atoms with van der Waals surface area (Å²) in [7, 11) is 0. The molecule has 2 rings (SSSR count). The highest BCUT2D eigenvalue weighted by atomic mass is 16.4. The molecule has 0 fully saturated rings. The third-order valence-corrected chi connectivity index (χ3v) is 2.98. The van der Waals surface area contributed by atoms with E-state index in [-0.39, 0.29) is 16.7 Å². The molecule has 0 spiro atoms. The van der Waals surface area contributed by atoms with E-state index < -0.39 is 11.9 Å². The normalized spacial score (nSPS) is 10.0. The molecule has 0 aliphatic carbocycles. The zero-order valence-electron chi connectivity index (χ0n) is 10.5. The number of aromatic carboxylic acids is 2. The third-order valence-electron chi connectivity index (χ3n) is 2.98. The lowest BCUT2D eigenvalue weighted by molar-refractivity contribution is 0.0696. The number of carboxylic acid groups (broad SMARTS) is 2. The Morgan fingerprint density at radius 3 is 2.10 bits per heavy atom. The molecule has 0 aliphatic rings. The van der Waals surface area contributed by atoms with Gasteiger partial charge in [-0.15, -0.1) is 0 Å². The summed E-state index contributed by atoms with van der Waals surface area (Å²) in [6.07, 6.45) is 1.26. The van der Waals surface area contributed by atoms with Crippen LogP contribution in [-0.2, 0) is 0 Å². The van der Waals surface area contributed by atoms with Crippen molar-refractivity contribution in [1.82, 2.24) is 0 Å². The molecule has 0 amide bonds. The van der Waals surface area contributed by atoms with Crippen molar-refractivity contribution in [2.45, 2.75) is 0 Å². The second kappa shape index (κ2) is 5.40. The van der Waals surface area contributed by atoms with Crippen LogP contribution < -0.4 is 0 Å². The van der Waals surface area contributed by atoms with Crippen molar-refractivity contribution in [3.63, 3.8) is 0 Å². The number of hydrogen-bond donors (Lipinski definition) is 2. The van der Waals surface area contributed by atoms with Gasteiger partial charge in [-0.1, -0.05) is 49.1 Å². The van der Waals surface area contributed by atoms with Gasteiger partial charge in [-0.25, -0.2) is 9.59 Å². The molecule has 2 aromatic carbocycles. The van der Waals surface area contributed by atoms with E-state index >= 15 is 0 Å². The van der Waals surface area contributed by atoms with Crippen molar-refractivity contribution in [3.05, 3.63) is 65.7 Å². The summed E-state index contributed by atoms with van der Waals surface area (Å²) in [5.41, 5.74) is 1.18. The first-order chi connectivity index (χ1) is 9.56. The predicted octanol–water partition coefficient (Wildman–Crippen LogP) is 3.39. The lowest BCUT2D eigenvalue weighted by atomic mass is 9.92. The van der Waals surface area contributed by atoms with E-state index in [0.717, 1.165) is 0 Å². The van der Waals surface area contributed by atoms with Crippen LogP contribution in [0.25, 0.3) is 17.2 Å². The standard InChI is InChI=1S/C16H12O4/c1-2-11-13(15(17)18)9-8-12(14(11)16(19)20)10-6-4-3-5-7-10/h2-9H,1H2,(H,17,18)(H,19,20). The first kappa shape index (κ1) is 13.5. The van der Waals surface area contributed by atoms with Gasteiger partial charge in [-0.3, -0.25) is 0 Å². The van der Waals surface area contributed by atoms with E-state index in [2.05, 4.69) is 6.58 Å². The Bertz CT molecular complexity index is 687. The molecule has 2 aromatic rings. The highest BCUT2D eigenvalue weighted by Crippen LogP contribution is 2.29. The Labute approximate surface area is 115 Å². The Kier molecular flexibility index (Phi) is 3.66. The fraction of sp³-hybridized carbons (Fsp3) is 0. The number of hydrogen-bond acceptors (Lipinski definition) is 2. The van der Waals surface area contributed by atoms with Gasteiger partial charge < -0.3 is 10.2 Å². The van der Waals surface area contributed by atoms with Crippen LogP contribution in [0.5, 0.6) is 0 Å². The van der Waals surface area contributed by atoms with Gasteiger partial charge in [-0.2, -0.15) is 0 Å². The number of carboxylic acids is 2. The van der Waals surface area contributed by atoms with E-state index in [1.54, 1.807) is 24.3 Å². The van der Waals surface area contributed by atoms with Crippen LogP contribution in [0.4, 0.5) is 0 Å². The van der Waals surface area contributed by atoms with Gasteiger partial charge in [0.25, 0.3) is 0 Å². The highest BCUT2D eigenvalue weighted by molar-refractivity contribution is 6.05. The molecule has 0 aromatic heterocycles. The van der Waals surface area contributed by atoms with Crippen LogP contribution in [0.3, 0.4) is 0 Å². The van der Waals surface area contributed by atoms with E-state index in [4.69, 9.17) is 5.11 Å². The van der Waals surface area contributed by atoms with Gasteiger partial charge in [0, 0.05) is 5.56 Å². The number of benzene rings is 2. The summed E-state index contributed by atoms with van der Waals surface area (Å²) < 4.78 is 0. The Morgan fingerprint density at radius 2 is 1.60 bits per heavy atom. The van der Waals surface area contributed by atoms with Crippen LogP contribution in [-0.4, -0.2) is 22.2 Å².